The Morgan fingerprint density at radius 2 is 2.04 bits per heavy atom. The molecular formula is C17H19N5O2. The molecule has 2 heterocycles. The molecular weight excluding hydrogens is 306 g/mol. The van der Waals surface area contributed by atoms with Crippen LogP contribution in [-0.2, 0) is 13.6 Å². The first-order valence-corrected chi connectivity index (χ1v) is 7.65. The van der Waals surface area contributed by atoms with E-state index in [0.29, 0.717) is 12.1 Å². The molecule has 0 radical (unpaired) electrons. The molecule has 0 saturated heterocycles. The van der Waals surface area contributed by atoms with Gasteiger partial charge in [-0.3, -0.25) is 9.89 Å². The van der Waals surface area contributed by atoms with Crippen LogP contribution in [0.1, 0.15) is 16.2 Å². The van der Waals surface area contributed by atoms with Crippen molar-refractivity contribution in [2.75, 3.05) is 13.2 Å². The topological polar surface area (TPSA) is 87.0 Å². The van der Waals surface area contributed by atoms with E-state index in [9.17, 15) is 9.90 Å². The van der Waals surface area contributed by atoms with Gasteiger partial charge in [0.2, 0.25) is 0 Å². The molecule has 0 aliphatic heterocycles. The minimum Gasteiger partial charge on any atom is -0.395 e. The van der Waals surface area contributed by atoms with E-state index in [2.05, 4.69) is 15.2 Å². The van der Waals surface area contributed by atoms with Crippen molar-refractivity contribution in [3.63, 3.8) is 0 Å². The summed E-state index contributed by atoms with van der Waals surface area (Å²) in [6, 6.07) is 9.18. The molecule has 0 bridgehead atoms. The van der Waals surface area contributed by atoms with Gasteiger partial charge in [-0.05, 0) is 23.8 Å². The molecule has 124 valence electrons. The zero-order valence-corrected chi connectivity index (χ0v) is 13.4. The van der Waals surface area contributed by atoms with E-state index < -0.39 is 0 Å². The van der Waals surface area contributed by atoms with Gasteiger partial charge < -0.3 is 14.6 Å². The van der Waals surface area contributed by atoms with Crippen molar-refractivity contribution in [3.05, 3.63) is 60.3 Å². The molecule has 0 fully saturated rings. The van der Waals surface area contributed by atoms with Crippen LogP contribution >= 0.6 is 0 Å². The van der Waals surface area contributed by atoms with E-state index in [1.807, 2.05) is 36.0 Å². The predicted octanol–water partition coefficient (Wildman–Crippen LogP) is 1.44. The molecule has 0 unspecified atom stereocenters. The van der Waals surface area contributed by atoms with Gasteiger partial charge in [-0.1, -0.05) is 12.1 Å². The minimum atomic E-state index is -0.136. The van der Waals surface area contributed by atoms with Crippen molar-refractivity contribution in [2.45, 2.75) is 6.54 Å². The van der Waals surface area contributed by atoms with Crippen LogP contribution in [0.15, 0.2) is 48.9 Å². The maximum atomic E-state index is 12.7. The maximum Gasteiger partial charge on any atom is 0.254 e. The van der Waals surface area contributed by atoms with Gasteiger partial charge in [0.15, 0.2) is 0 Å². The number of hydrogen-bond acceptors (Lipinski definition) is 4. The maximum absolute atomic E-state index is 12.7. The van der Waals surface area contributed by atoms with Crippen LogP contribution in [0.3, 0.4) is 0 Å². The lowest BCUT2D eigenvalue weighted by atomic mass is 10.1. The Balaban J connectivity index is 1.78. The van der Waals surface area contributed by atoms with Gasteiger partial charge in [0.05, 0.1) is 18.8 Å². The molecule has 0 aliphatic carbocycles. The van der Waals surface area contributed by atoms with E-state index >= 15 is 0 Å². The number of amides is 1. The number of aliphatic hydroxyl groups excluding tert-OH is 1. The Bertz CT molecular complexity index is 793. The van der Waals surface area contributed by atoms with E-state index in [1.54, 1.807) is 29.4 Å². The number of carbonyl (C=O) groups is 1. The van der Waals surface area contributed by atoms with Crippen LogP contribution in [0.4, 0.5) is 0 Å². The van der Waals surface area contributed by atoms with E-state index in [4.69, 9.17) is 0 Å². The first kappa shape index (κ1) is 15.9. The number of hydrogen-bond donors (Lipinski definition) is 2. The first-order valence-electron chi connectivity index (χ1n) is 7.65. The molecule has 2 aromatic heterocycles. The average molecular weight is 325 g/mol. The highest BCUT2D eigenvalue weighted by molar-refractivity contribution is 5.94. The normalized spacial score (nSPS) is 10.8. The van der Waals surface area contributed by atoms with E-state index in [-0.39, 0.29) is 19.1 Å². The predicted molar refractivity (Wildman–Crippen MR) is 89.1 cm³/mol. The van der Waals surface area contributed by atoms with Crippen molar-refractivity contribution in [1.29, 1.82) is 0 Å². The summed E-state index contributed by atoms with van der Waals surface area (Å²) in [7, 11) is 1.88. The average Bonchev–Trinajstić information content (AvgIpc) is 3.26. The van der Waals surface area contributed by atoms with Crippen LogP contribution in [0, 0.1) is 0 Å². The molecule has 24 heavy (non-hydrogen) atoms. The van der Waals surface area contributed by atoms with Gasteiger partial charge in [-0.25, -0.2) is 4.98 Å². The van der Waals surface area contributed by atoms with Gasteiger partial charge in [-0.15, -0.1) is 0 Å². The number of aromatic nitrogens is 4. The van der Waals surface area contributed by atoms with Gasteiger partial charge in [0.25, 0.3) is 5.91 Å². The summed E-state index contributed by atoms with van der Waals surface area (Å²) >= 11 is 0. The monoisotopic (exact) mass is 325 g/mol. The Kier molecular flexibility index (Phi) is 4.72. The van der Waals surface area contributed by atoms with Crippen LogP contribution in [0.5, 0.6) is 0 Å². The van der Waals surface area contributed by atoms with E-state index in [1.165, 1.54) is 0 Å². The Morgan fingerprint density at radius 1 is 1.25 bits per heavy atom. The smallest absolute Gasteiger partial charge is 0.254 e. The molecule has 3 rings (SSSR count). The molecule has 3 aromatic rings. The van der Waals surface area contributed by atoms with Crippen molar-refractivity contribution < 1.29 is 9.90 Å². The van der Waals surface area contributed by atoms with Crippen molar-refractivity contribution in [1.82, 2.24) is 24.6 Å². The van der Waals surface area contributed by atoms with Crippen LogP contribution in [-0.4, -0.2) is 48.8 Å². The molecule has 1 amide bonds. The number of aromatic amines is 1. The van der Waals surface area contributed by atoms with Crippen LogP contribution < -0.4 is 0 Å². The first-order chi connectivity index (χ1) is 11.7. The number of imidazole rings is 1. The number of H-pyrrole nitrogens is 1. The zero-order valence-electron chi connectivity index (χ0n) is 13.4. The number of aliphatic hydroxyl groups is 1. The van der Waals surface area contributed by atoms with Crippen molar-refractivity contribution in [2.24, 2.45) is 7.05 Å². The summed E-state index contributed by atoms with van der Waals surface area (Å²) < 4.78 is 1.86. The fourth-order valence-corrected chi connectivity index (χ4v) is 2.48. The van der Waals surface area contributed by atoms with Gasteiger partial charge >= 0.3 is 0 Å². The summed E-state index contributed by atoms with van der Waals surface area (Å²) in [6.07, 6.45) is 5.20. The zero-order chi connectivity index (χ0) is 16.9. The Hall–Kier alpha value is -2.93. The second-order valence-electron chi connectivity index (χ2n) is 5.45. The van der Waals surface area contributed by atoms with Crippen LogP contribution in [0.25, 0.3) is 11.3 Å². The standard InChI is InChI=1S/C17H19N5O2/c1-21-9-8-18-16(21)12-22(10-11-23)17(24)14-4-2-13(3-5-14)15-6-7-19-20-15/h2-9,23H,10-12H2,1H3,(H,19,20). The Labute approximate surface area is 139 Å². The minimum absolute atomic E-state index is 0.0949. The molecule has 7 heteroatoms. The number of rotatable bonds is 6. The molecule has 7 nitrogen and oxygen atoms in total. The molecule has 0 spiro atoms. The third-order valence-corrected chi connectivity index (χ3v) is 3.85. The fraction of sp³-hybridized carbons (Fsp3) is 0.235. The largest absolute Gasteiger partial charge is 0.395 e. The summed E-state index contributed by atoms with van der Waals surface area (Å²) in [6.45, 7) is 0.515. The summed E-state index contributed by atoms with van der Waals surface area (Å²) in [4.78, 5) is 18.6. The summed E-state index contributed by atoms with van der Waals surface area (Å²) in [5.74, 6) is 0.633. The SMILES string of the molecule is Cn1ccnc1CN(CCO)C(=O)c1ccc(-c2ccn[nH]2)cc1. The second-order valence-corrected chi connectivity index (χ2v) is 5.45. The number of carbonyl (C=O) groups excluding carboxylic acids is 1. The van der Waals surface area contributed by atoms with Crippen molar-refractivity contribution in [3.8, 4) is 11.3 Å². The molecule has 0 atom stereocenters. The van der Waals surface area contributed by atoms with Gasteiger partial charge in [0.1, 0.15) is 5.82 Å². The molecule has 0 aliphatic rings. The highest BCUT2D eigenvalue weighted by Crippen LogP contribution is 2.18. The third kappa shape index (κ3) is 3.36. The Morgan fingerprint density at radius 3 is 2.62 bits per heavy atom. The number of aryl methyl sites for hydroxylation is 1. The highest BCUT2D eigenvalue weighted by Gasteiger charge is 2.17. The third-order valence-electron chi connectivity index (χ3n) is 3.85. The molecule has 2 N–H and O–H groups in total. The lowest BCUT2D eigenvalue weighted by molar-refractivity contribution is 0.0701. The fourth-order valence-electron chi connectivity index (χ4n) is 2.48. The van der Waals surface area contributed by atoms with Gasteiger partial charge in [0, 0.05) is 37.7 Å². The van der Waals surface area contributed by atoms with Gasteiger partial charge in [-0.2, -0.15) is 5.10 Å². The summed E-state index contributed by atoms with van der Waals surface area (Å²) in [5, 5.41) is 16.1. The molecule has 1 aromatic carbocycles. The van der Waals surface area contributed by atoms with Crippen LogP contribution in [0.2, 0.25) is 0 Å². The lowest BCUT2D eigenvalue weighted by Gasteiger charge is -2.21. The van der Waals surface area contributed by atoms with E-state index in [0.717, 1.165) is 17.1 Å². The number of benzene rings is 1. The second kappa shape index (κ2) is 7.10. The van der Waals surface area contributed by atoms with Crippen molar-refractivity contribution >= 4 is 5.91 Å². The quantitative estimate of drug-likeness (QED) is 0.718. The highest BCUT2D eigenvalue weighted by atomic mass is 16.3. The number of nitrogens with one attached hydrogen (secondary N) is 1. The number of nitrogens with zero attached hydrogens (tertiary/aromatic N) is 4. The molecule has 0 saturated carbocycles. The lowest BCUT2D eigenvalue weighted by Crippen LogP contribution is -2.34. The summed E-state index contributed by atoms with van der Waals surface area (Å²) in [5.41, 5.74) is 2.43.